The number of ether oxygens (including phenoxy) is 1. The Morgan fingerprint density at radius 1 is 1.53 bits per heavy atom. The Kier molecular flexibility index (Phi) is 2.96. The van der Waals surface area contributed by atoms with Gasteiger partial charge in [-0.2, -0.15) is 0 Å². The average molecular weight is 256 g/mol. The van der Waals surface area contributed by atoms with E-state index in [2.05, 4.69) is 18.7 Å². The summed E-state index contributed by atoms with van der Waals surface area (Å²) in [6.45, 7) is 3.86. The molecule has 0 radical (unpaired) electrons. The van der Waals surface area contributed by atoms with Crippen LogP contribution in [0, 0.1) is 5.92 Å². The van der Waals surface area contributed by atoms with Gasteiger partial charge in [-0.25, -0.2) is 0 Å². The van der Waals surface area contributed by atoms with Crippen LogP contribution in [0.4, 0.5) is 0 Å². The lowest BCUT2D eigenvalue weighted by atomic mass is 9.57. The van der Waals surface area contributed by atoms with Gasteiger partial charge in [0.05, 0.1) is 12.5 Å². The van der Waals surface area contributed by atoms with Gasteiger partial charge in [0.15, 0.2) is 0 Å². The summed E-state index contributed by atoms with van der Waals surface area (Å²) in [5.74, 6) is 1.49. The molecule has 0 aliphatic heterocycles. The van der Waals surface area contributed by atoms with Crippen molar-refractivity contribution in [3.05, 3.63) is 42.0 Å². The SMILES string of the molecule is C=CC[C@]12CCC[C@H](Cc3ccc(OC)cc31)C2=O. The van der Waals surface area contributed by atoms with E-state index in [1.165, 1.54) is 11.1 Å². The van der Waals surface area contributed by atoms with Gasteiger partial charge in [0, 0.05) is 5.92 Å². The number of allylic oxidation sites excluding steroid dienone is 1. The first kappa shape index (κ1) is 12.5. The van der Waals surface area contributed by atoms with E-state index in [9.17, 15) is 4.79 Å². The van der Waals surface area contributed by atoms with E-state index < -0.39 is 0 Å². The second-order valence-electron chi connectivity index (χ2n) is 5.76. The fourth-order valence-corrected chi connectivity index (χ4v) is 3.89. The zero-order valence-electron chi connectivity index (χ0n) is 11.4. The molecule has 0 heterocycles. The van der Waals surface area contributed by atoms with Crippen molar-refractivity contribution >= 4 is 5.78 Å². The van der Waals surface area contributed by atoms with Crippen LogP contribution in [-0.4, -0.2) is 12.9 Å². The van der Waals surface area contributed by atoms with E-state index >= 15 is 0 Å². The summed E-state index contributed by atoms with van der Waals surface area (Å²) in [5.41, 5.74) is 2.19. The van der Waals surface area contributed by atoms with Crippen LogP contribution in [-0.2, 0) is 16.6 Å². The van der Waals surface area contributed by atoms with Crippen LogP contribution in [0.5, 0.6) is 5.75 Å². The first-order chi connectivity index (χ1) is 9.21. The van der Waals surface area contributed by atoms with Crippen LogP contribution in [0.3, 0.4) is 0 Å². The molecule has 19 heavy (non-hydrogen) atoms. The highest BCUT2D eigenvalue weighted by atomic mass is 16.5. The van der Waals surface area contributed by atoms with Crippen molar-refractivity contribution in [3.8, 4) is 5.75 Å². The summed E-state index contributed by atoms with van der Waals surface area (Å²) in [6.07, 6.45) is 6.69. The monoisotopic (exact) mass is 256 g/mol. The molecule has 2 nitrogen and oxygen atoms in total. The number of methoxy groups -OCH3 is 1. The molecule has 0 spiro atoms. The van der Waals surface area contributed by atoms with Gasteiger partial charge in [-0.15, -0.1) is 6.58 Å². The zero-order valence-corrected chi connectivity index (χ0v) is 11.4. The molecular weight excluding hydrogens is 236 g/mol. The van der Waals surface area contributed by atoms with Crippen molar-refractivity contribution in [2.24, 2.45) is 5.92 Å². The second-order valence-corrected chi connectivity index (χ2v) is 5.76. The molecule has 3 rings (SSSR count). The molecule has 2 atom stereocenters. The summed E-state index contributed by atoms with van der Waals surface area (Å²) in [6, 6.07) is 6.21. The van der Waals surface area contributed by atoms with E-state index in [1.807, 2.05) is 12.1 Å². The highest BCUT2D eigenvalue weighted by Crippen LogP contribution is 2.49. The van der Waals surface area contributed by atoms with Crippen molar-refractivity contribution < 1.29 is 9.53 Å². The van der Waals surface area contributed by atoms with Gasteiger partial charge >= 0.3 is 0 Å². The third-order valence-electron chi connectivity index (χ3n) is 4.79. The Morgan fingerprint density at radius 3 is 3.11 bits per heavy atom. The maximum absolute atomic E-state index is 12.8. The molecule has 100 valence electrons. The molecule has 1 saturated carbocycles. The Bertz CT molecular complexity index is 532. The quantitative estimate of drug-likeness (QED) is 0.774. The van der Waals surface area contributed by atoms with Gasteiger partial charge in [0.25, 0.3) is 0 Å². The van der Waals surface area contributed by atoms with Crippen LogP contribution >= 0.6 is 0 Å². The van der Waals surface area contributed by atoms with Crippen molar-refractivity contribution in [1.82, 2.24) is 0 Å². The van der Waals surface area contributed by atoms with Gasteiger partial charge in [0.2, 0.25) is 0 Å². The van der Waals surface area contributed by atoms with Crippen molar-refractivity contribution in [3.63, 3.8) is 0 Å². The molecule has 0 N–H and O–H groups in total. The van der Waals surface area contributed by atoms with Crippen molar-refractivity contribution in [2.75, 3.05) is 7.11 Å². The van der Waals surface area contributed by atoms with Crippen LogP contribution in [0.1, 0.15) is 36.8 Å². The number of carbonyl (C=O) groups is 1. The molecule has 2 heteroatoms. The van der Waals surface area contributed by atoms with Gasteiger partial charge in [0.1, 0.15) is 11.5 Å². The van der Waals surface area contributed by atoms with Gasteiger partial charge < -0.3 is 4.74 Å². The minimum Gasteiger partial charge on any atom is -0.497 e. The average Bonchev–Trinajstić information content (AvgIpc) is 2.42. The number of carbonyl (C=O) groups excluding carboxylic acids is 1. The molecular formula is C17H20O2. The summed E-state index contributed by atoms with van der Waals surface area (Å²) >= 11 is 0. The molecule has 1 aromatic rings. The van der Waals surface area contributed by atoms with Crippen LogP contribution in [0.25, 0.3) is 0 Å². The number of fused-ring (bicyclic) bond motifs is 4. The van der Waals surface area contributed by atoms with Gasteiger partial charge in [-0.3, -0.25) is 4.79 Å². The number of benzene rings is 1. The predicted octanol–water partition coefficient (Wildman–Crippen LogP) is 3.43. The van der Waals surface area contributed by atoms with Crippen LogP contribution in [0.15, 0.2) is 30.9 Å². The largest absolute Gasteiger partial charge is 0.497 e. The maximum atomic E-state index is 12.8. The number of Topliss-reactive ketones (excluding diaryl/α,β-unsaturated/α-hetero) is 1. The summed E-state index contributed by atoms with van der Waals surface area (Å²) in [7, 11) is 1.68. The molecule has 2 bridgehead atoms. The van der Waals surface area contributed by atoms with E-state index in [0.29, 0.717) is 5.78 Å². The van der Waals surface area contributed by atoms with Crippen molar-refractivity contribution in [1.29, 1.82) is 0 Å². The molecule has 0 saturated heterocycles. The van der Waals surface area contributed by atoms with E-state index in [4.69, 9.17) is 4.74 Å². The molecule has 0 amide bonds. The Morgan fingerprint density at radius 2 is 2.37 bits per heavy atom. The molecule has 2 aliphatic carbocycles. The molecule has 0 unspecified atom stereocenters. The number of hydrogen-bond acceptors (Lipinski definition) is 2. The summed E-state index contributed by atoms with van der Waals surface area (Å²) < 4.78 is 5.34. The summed E-state index contributed by atoms with van der Waals surface area (Å²) in [4.78, 5) is 12.8. The third kappa shape index (κ3) is 1.73. The molecule has 0 aromatic heterocycles. The van der Waals surface area contributed by atoms with Crippen LogP contribution < -0.4 is 4.74 Å². The zero-order chi connectivity index (χ0) is 13.5. The Balaban J connectivity index is 2.19. The number of ketones is 1. The predicted molar refractivity (Wildman–Crippen MR) is 75.5 cm³/mol. The van der Waals surface area contributed by atoms with Crippen molar-refractivity contribution in [2.45, 2.75) is 37.5 Å². The summed E-state index contributed by atoms with van der Waals surface area (Å²) in [5, 5.41) is 0. The van der Waals surface area contributed by atoms with Gasteiger partial charge in [-0.05, 0) is 48.9 Å². The third-order valence-corrected chi connectivity index (χ3v) is 4.79. The minimum atomic E-state index is -0.327. The topological polar surface area (TPSA) is 26.3 Å². The highest BCUT2D eigenvalue weighted by Gasteiger charge is 2.49. The van der Waals surface area contributed by atoms with E-state index in [0.717, 1.165) is 37.9 Å². The molecule has 1 fully saturated rings. The molecule has 2 aliphatic rings. The fourth-order valence-electron chi connectivity index (χ4n) is 3.89. The lowest BCUT2D eigenvalue weighted by Crippen LogP contribution is -2.48. The van der Waals surface area contributed by atoms with Gasteiger partial charge in [-0.1, -0.05) is 18.6 Å². The van der Waals surface area contributed by atoms with Crippen LogP contribution in [0.2, 0.25) is 0 Å². The lowest BCUT2D eigenvalue weighted by Gasteiger charge is -2.44. The Labute approximate surface area is 114 Å². The van der Waals surface area contributed by atoms with E-state index in [-0.39, 0.29) is 11.3 Å². The van der Waals surface area contributed by atoms with E-state index in [1.54, 1.807) is 7.11 Å². The fraction of sp³-hybridized carbons (Fsp3) is 0.471. The standard InChI is InChI=1S/C17H20O2/c1-3-8-17-9-4-5-13(16(17)18)10-12-6-7-14(19-2)11-15(12)17/h3,6-7,11,13H,1,4-5,8-10H2,2H3/t13-,17+/m1/s1. The minimum absolute atomic E-state index is 0.217. The lowest BCUT2D eigenvalue weighted by molar-refractivity contribution is -0.132. The number of rotatable bonds is 3. The number of hydrogen-bond donors (Lipinski definition) is 0. The normalized spacial score (nSPS) is 28.7. The smallest absolute Gasteiger partial charge is 0.147 e. The maximum Gasteiger partial charge on any atom is 0.147 e. The second kappa shape index (κ2) is 4.52. The highest BCUT2D eigenvalue weighted by molar-refractivity contribution is 5.95. The molecule has 1 aromatic carbocycles. The Hall–Kier alpha value is -1.57. The first-order valence-corrected chi connectivity index (χ1v) is 7.04. The first-order valence-electron chi connectivity index (χ1n) is 7.04.